The van der Waals surface area contributed by atoms with E-state index in [1.165, 1.54) is 4.90 Å². The monoisotopic (exact) mass is 448 g/mol. The van der Waals surface area contributed by atoms with Crippen LogP contribution in [0.3, 0.4) is 0 Å². The summed E-state index contributed by atoms with van der Waals surface area (Å²) in [6.45, 7) is 0.658. The number of carbonyl (C=O) groups is 1. The second-order valence-electron chi connectivity index (χ2n) is 7.15. The molecule has 1 saturated heterocycles. The van der Waals surface area contributed by atoms with Gasteiger partial charge in [-0.2, -0.15) is 13.2 Å². The molecule has 5 nitrogen and oxygen atoms in total. The van der Waals surface area contributed by atoms with Gasteiger partial charge in [0.1, 0.15) is 11.6 Å². The van der Waals surface area contributed by atoms with Crippen LogP contribution in [-0.4, -0.2) is 39.9 Å². The predicted octanol–water partition coefficient (Wildman–Crippen LogP) is 3.85. The van der Waals surface area contributed by atoms with Gasteiger partial charge in [0, 0.05) is 31.5 Å². The van der Waals surface area contributed by atoms with E-state index in [-0.39, 0.29) is 28.5 Å². The number of aromatic nitrogens is 2. The third-order valence-electron chi connectivity index (χ3n) is 5.13. The lowest BCUT2D eigenvalue weighted by atomic mass is 9.86. The van der Waals surface area contributed by atoms with Crippen LogP contribution in [0.2, 0.25) is 5.02 Å². The van der Waals surface area contributed by atoms with E-state index in [9.17, 15) is 26.7 Å². The van der Waals surface area contributed by atoms with Gasteiger partial charge in [0.05, 0.1) is 10.6 Å². The van der Waals surface area contributed by atoms with E-state index in [1.807, 2.05) is 0 Å². The SMILES string of the molecule is N[C@H](Cc1cc(F)c(Cl)cc1F)C1CCN(C(=O)c2cnc(C(F)(F)F)nc2)CC1. The number of amides is 1. The van der Waals surface area contributed by atoms with Crippen LogP contribution in [0, 0.1) is 17.6 Å². The standard InChI is InChI=1S/C19H18ClF5N4O/c20-13-7-14(21)11(5-15(13)22)6-16(26)10-1-3-29(4-2-10)17(30)12-8-27-18(28-9-12)19(23,24)25/h5,7-10,16H,1-4,6,26H2/t16-/m1/s1. The Morgan fingerprint density at radius 1 is 1.17 bits per heavy atom. The van der Waals surface area contributed by atoms with Crippen LogP contribution in [0.25, 0.3) is 0 Å². The molecule has 30 heavy (non-hydrogen) atoms. The van der Waals surface area contributed by atoms with E-state index in [1.54, 1.807) is 0 Å². The highest BCUT2D eigenvalue weighted by Crippen LogP contribution is 2.27. The summed E-state index contributed by atoms with van der Waals surface area (Å²) in [4.78, 5) is 20.4. The van der Waals surface area contributed by atoms with Crippen molar-refractivity contribution in [3.63, 3.8) is 0 Å². The molecule has 3 rings (SSSR count). The summed E-state index contributed by atoms with van der Waals surface area (Å²) in [5, 5.41) is -0.302. The highest BCUT2D eigenvalue weighted by molar-refractivity contribution is 6.30. The number of hydrogen-bond donors (Lipinski definition) is 1. The average molecular weight is 449 g/mol. The smallest absolute Gasteiger partial charge is 0.339 e. The normalized spacial score (nSPS) is 16.6. The highest BCUT2D eigenvalue weighted by Gasteiger charge is 2.35. The quantitative estimate of drug-likeness (QED) is 0.569. The maximum Gasteiger partial charge on any atom is 0.451 e. The van der Waals surface area contributed by atoms with Crippen LogP contribution in [-0.2, 0) is 12.6 Å². The van der Waals surface area contributed by atoms with Gasteiger partial charge in [-0.05, 0) is 42.9 Å². The number of piperidine rings is 1. The molecule has 2 aromatic rings. The molecule has 1 atom stereocenters. The number of benzene rings is 1. The molecule has 11 heteroatoms. The van der Waals surface area contributed by atoms with Crippen molar-refractivity contribution in [3.8, 4) is 0 Å². The first kappa shape index (κ1) is 22.4. The first-order valence-corrected chi connectivity index (χ1v) is 9.51. The third kappa shape index (κ3) is 5.04. The molecular formula is C19H18ClF5N4O. The fraction of sp³-hybridized carbons (Fsp3) is 0.421. The van der Waals surface area contributed by atoms with Gasteiger partial charge in [-0.25, -0.2) is 18.7 Å². The molecule has 0 radical (unpaired) electrons. The zero-order valence-corrected chi connectivity index (χ0v) is 16.4. The molecule has 2 heterocycles. The molecule has 1 fully saturated rings. The number of carbonyl (C=O) groups excluding carboxylic acids is 1. The second-order valence-corrected chi connectivity index (χ2v) is 7.56. The van der Waals surface area contributed by atoms with Crippen LogP contribution in [0.5, 0.6) is 0 Å². The Morgan fingerprint density at radius 2 is 1.77 bits per heavy atom. The molecule has 162 valence electrons. The van der Waals surface area contributed by atoms with Crippen molar-refractivity contribution >= 4 is 17.5 Å². The first-order valence-electron chi connectivity index (χ1n) is 9.13. The largest absolute Gasteiger partial charge is 0.451 e. The third-order valence-corrected chi connectivity index (χ3v) is 5.42. The van der Waals surface area contributed by atoms with Gasteiger partial charge in [0.15, 0.2) is 0 Å². The fourth-order valence-corrected chi connectivity index (χ4v) is 3.59. The molecular weight excluding hydrogens is 431 g/mol. The minimum absolute atomic E-state index is 0.0314. The molecule has 0 bridgehead atoms. The van der Waals surface area contributed by atoms with Crippen LogP contribution in [0.4, 0.5) is 22.0 Å². The van der Waals surface area contributed by atoms with E-state index >= 15 is 0 Å². The molecule has 0 saturated carbocycles. The molecule has 1 aliphatic rings. The van der Waals surface area contributed by atoms with Gasteiger partial charge in [-0.1, -0.05) is 11.6 Å². The highest BCUT2D eigenvalue weighted by atomic mass is 35.5. The van der Waals surface area contributed by atoms with Crippen molar-refractivity contribution < 1.29 is 26.7 Å². The maximum atomic E-state index is 14.0. The van der Waals surface area contributed by atoms with Crippen molar-refractivity contribution in [2.75, 3.05) is 13.1 Å². The van der Waals surface area contributed by atoms with Crippen molar-refractivity contribution in [1.82, 2.24) is 14.9 Å². The average Bonchev–Trinajstić information content (AvgIpc) is 2.71. The molecule has 1 aromatic carbocycles. The summed E-state index contributed by atoms with van der Waals surface area (Å²) in [5.74, 6) is -3.17. The lowest BCUT2D eigenvalue weighted by molar-refractivity contribution is -0.145. The fourth-order valence-electron chi connectivity index (χ4n) is 3.44. The van der Waals surface area contributed by atoms with Gasteiger partial charge >= 0.3 is 6.18 Å². The van der Waals surface area contributed by atoms with Crippen molar-refractivity contribution in [1.29, 1.82) is 0 Å². The van der Waals surface area contributed by atoms with Gasteiger partial charge in [-0.15, -0.1) is 0 Å². The first-order chi connectivity index (χ1) is 14.1. The topological polar surface area (TPSA) is 72.1 Å². The van der Waals surface area contributed by atoms with Crippen LogP contribution < -0.4 is 5.73 Å². The van der Waals surface area contributed by atoms with Crippen molar-refractivity contribution in [2.45, 2.75) is 31.5 Å². The molecule has 2 N–H and O–H groups in total. The molecule has 1 amide bonds. The number of rotatable bonds is 4. The lowest BCUT2D eigenvalue weighted by Gasteiger charge is -2.35. The number of halogens is 6. The molecule has 0 spiro atoms. The maximum absolute atomic E-state index is 14.0. The van der Waals surface area contributed by atoms with E-state index in [4.69, 9.17) is 17.3 Å². The zero-order valence-electron chi connectivity index (χ0n) is 15.6. The Morgan fingerprint density at radius 3 is 2.33 bits per heavy atom. The second kappa shape index (κ2) is 8.81. The Hall–Kier alpha value is -2.33. The lowest BCUT2D eigenvalue weighted by Crippen LogP contribution is -2.44. The van der Waals surface area contributed by atoms with Gasteiger partial charge < -0.3 is 10.6 Å². The summed E-state index contributed by atoms with van der Waals surface area (Å²) in [5.41, 5.74) is 6.27. The van der Waals surface area contributed by atoms with E-state index in [2.05, 4.69) is 9.97 Å². The number of alkyl halides is 3. The minimum Gasteiger partial charge on any atom is -0.339 e. The summed E-state index contributed by atoms with van der Waals surface area (Å²) in [7, 11) is 0. The Kier molecular flexibility index (Phi) is 6.56. The summed E-state index contributed by atoms with van der Waals surface area (Å²) in [6, 6.07) is 1.49. The Labute approximate surface area is 174 Å². The van der Waals surface area contributed by atoms with Gasteiger partial charge in [0.2, 0.25) is 5.82 Å². The van der Waals surface area contributed by atoms with Crippen molar-refractivity contribution in [2.24, 2.45) is 11.7 Å². The van der Waals surface area contributed by atoms with Gasteiger partial charge in [0.25, 0.3) is 5.91 Å². The van der Waals surface area contributed by atoms with Crippen LogP contribution >= 0.6 is 11.6 Å². The molecule has 1 aromatic heterocycles. The van der Waals surface area contributed by atoms with E-state index in [0.29, 0.717) is 25.9 Å². The summed E-state index contributed by atoms with van der Waals surface area (Å²) in [6.07, 6.45) is -1.81. The number of hydrogen-bond acceptors (Lipinski definition) is 4. The molecule has 0 aliphatic carbocycles. The van der Waals surface area contributed by atoms with Crippen molar-refractivity contribution in [3.05, 3.63) is 58.1 Å². The summed E-state index contributed by atoms with van der Waals surface area (Å²) >= 11 is 5.55. The Balaban J connectivity index is 1.57. The van der Waals surface area contributed by atoms with Crippen LogP contribution in [0.1, 0.15) is 34.6 Å². The predicted molar refractivity (Wildman–Crippen MR) is 98.7 cm³/mol. The molecule has 0 unspecified atom stereocenters. The van der Waals surface area contributed by atoms with E-state index in [0.717, 1.165) is 24.5 Å². The molecule has 1 aliphatic heterocycles. The number of likely N-dealkylation sites (tertiary alicyclic amines) is 1. The van der Waals surface area contributed by atoms with Crippen LogP contribution in [0.15, 0.2) is 24.5 Å². The zero-order chi connectivity index (χ0) is 22.1. The van der Waals surface area contributed by atoms with Gasteiger partial charge in [-0.3, -0.25) is 4.79 Å². The summed E-state index contributed by atoms with van der Waals surface area (Å²) < 4.78 is 65.2. The van der Waals surface area contributed by atoms with E-state index < -0.39 is 35.6 Å². The number of nitrogens with zero attached hydrogens (tertiary/aromatic N) is 3. The number of nitrogens with two attached hydrogens (primary N) is 1. The minimum atomic E-state index is -4.68. The Bertz CT molecular complexity index is 914.